The normalized spacial score (nSPS) is 10.9. The number of hydrogen-bond acceptors (Lipinski definition) is 4. The Bertz CT molecular complexity index is 826. The number of carbonyl (C=O) groups excluding carboxylic acids is 1. The fourth-order valence-electron chi connectivity index (χ4n) is 2.01. The molecule has 0 spiro atoms. The zero-order chi connectivity index (χ0) is 18.2. The average molecular weight is 404 g/mol. The molecule has 0 radical (unpaired) electrons. The van der Waals surface area contributed by atoms with E-state index in [-0.39, 0.29) is 24.6 Å². The lowest BCUT2D eigenvalue weighted by molar-refractivity contribution is -0.137. The SMILES string of the molecule is CCOC(=O)/C(C#N)=C/c1cc(Br)ccc1OCc1ccc(F)cc1. The van der Waals surface area contributed by atoms with Crippen LogP contribution in [-0.2, 0) is 16.1 Å². The molecular weight excluding hydrogens is 389 g/mol. The molecule has 4 nitrogen and oxygen atoms in total. The molecule has 2 aromatic carbocycles. The Morgan fingerprint density at radius 2 is 2.00 bits per heavy atom. The molecular formula is C19H15BrFNO3. The number of rotatable bonds is 6. The van der Waals surface area contributed by atoms with E-state index in [0.717, 1.165) is 10.0 Å². The average Bonchev–Trinajstić information content (AvgIpc) is 2.60. The van der Waals surface area contributed by atoms with Crippen molar-refractivity contribution in [2.24, 2.45) is 0 Å². The molecule has 0 amide bonds. The van der Waals surface area contributed by atoms with Crippen LogP contribution in [0, 0.1) is 17.1 Å². The molecule has 0 aliphatic carbocycles. The Labute approximate surface area is 153 Å². The van der Waals surface area contributed by atoms with Crippen LogP contribution in [0.1, 0.15) is 18.1 Å². The molecule has 128 valence electrons. The molecule has 25 heavy (non-hydrogen) atoms. The highest BCUT2D eigenvalue weighted by Gasteiger charge is 2.12. The predicted molar refractivity (Wildman–Crippen MR) is 95.1 cm³/mol. The van der Waals surface area contributed by atoms with E-state index in [4.69, 9.17) is 9.47 Å². The predicted octanol–water partition coefficient (Wildman–Crippen LogP) is 4.64. The van der Waals surface area contributed by atoms with Crippen LogP contribution < -0.4 is 4.74 Å². The molecule has 2 aromatic rings. The second kappa shape index (κ2) is 9.00. The number of hydrogen-bond donors (Lipinski definition) is 0. The van der Waals surface area contributed by atoms with Crippen LogP contribution in [0.2, 0.25) is 0 Å². The summed E-state index contributed by atoms with van der Waals surface area (Å²) in [6.07, 6.45) is 1.42. The number of halogens is 2. The van der Waals surface area contributed by atoms with E-state index in [2.05, 4.69) is 15.9 Å². The molecule has 6 heteroatoms. The molecule has 0 aliphatic rings. The lowest BCUT2D eigenvalue weighted by Gasteiger charge is -2.10. The minimum absolute atomic E-state index is 0.119. The second-order valence-corrected chi connectivity index (χ2v) is 5.90. The minimum Gasteiger partial charge on any atom is -0.488 e. The van der Waals surface area contributed by atoms with Gasteiger partial charge in [0, 0.05) is 10.0 Å². The van der Waals surface area contributed by atoms with Crippen LogP contribution in [0.4, 0.5) is 4.39 Å². The quantitative estimate of drug-likeness (QED) is 0.400. The molecule has 0 bridgehead atoms. The van der Waals surface area contributed by atoms with Crippen molar-refractivity contribution < 1.29 is 18.7 Å². The van der Waals surface area contributed by atoms with Crippen LogP contribution in [0.25, 0.3) is 6.08 Å². The van der Waals surface area contributed by atoms with Crippen molar-refractivity contribution in [3.63, 3.8) is 0 Å². The molecule has 0 saturated carbocycles. The van der Waals surface area contributed by atoms with Gasteiger partial charge in [0.25, 0.3) is 0 Å². The Kier molecular flexibility index (Phi) is 6.72. The van der Waals surface area contributed by atoms with Gasteiger partial charge < -0.3 is 9.47 Å². The van der Waals surface area contributed by atoms with Crippen molar-refractivity contribution in [3.8, 4) is 11.8 Å². The summed E-state index contributed by atoms with van der Waals surface area (Å²) >= 11 is 3.35. The molecule has 2 rings (SSSR count). The Morgan fingerprint density at radius 3 is 2.64 bits per heavy atom. The molecule has 0 atom stereocenters. The summed E-state index contributed by atoms with van der Waals surface area (Å²) in [5.74, 6) is -0.511. The Hall–Kier alpha value is -2.65. The van der Waals surface area contributed by atoms with E-state index in [1.807, 2.05) is 6.07 Å². The van der Waals surface area contributed by atoms with Crippen molar-refractivity contribution in [2.75, 3.05) is 6.61 Å². The van der Waals surface area contributed by atoms with Crippen molar-refractivity contribution >= 4 is 28.0 Å². The van der Waals surface area contributed by atoms with Gasteiger partial charge >= 0.3 is 5.97 Å². The molecule has 0 N–H and O–H groups in total. The van der Waals surface area contributed by atoms with E-state index < -0.39 is 5.97 Å². The number of nitriles is 1. The number of ether oxygens (including phenoxy) is 2. The zero-order valence-corrected chi connectivity index (χ0v) is 15.0. The highest BCUT2D eigenvalue weighted by atomic mass is 79.9. The van der Waals surface area contributed by atoms with Gasteiger partial charge in [-0.05, 0) is 48.9 Å². The topological polar surface area (TPSA) is 59.3 Å². The van der Waals surface area contributed by atoms with Crippen LogP contribution in [-0.4, -0.2) is 12.6 Å². The molecule has 0 aromatic heterocycles. The summed E-state index contributed by atoms with van der Waals surface area (Å²) in [7, 11) is 0. The van der Waals surface area contributed by atoms with E-state index in [1.165, 1.54) is 18.2 Å². The maximum Gasteiger partial charge on any atom is 0.348 e. The zero-order valence-electron chi connectivity index (χ0n) is 13.5. The maximum absolute atomic E-state index is 13.0. The van der Waals surface area contributed by atoms with Crippen molar-refractivity contribution in [1.82, 2.24) is 0 Å². The standard InChI is InChI=1S/C19H15BrFNO3/c1-2-24-19(23)15(11-22)9-14-10-16(20)5-8-18(14)25-12-13-3-6-17(21)7-4-13/h3-10H,2,12H2,1H3/b15-9+. The fraction of sp³-hybridized carbons (Fsp3) is 0.158. The van der Waals surface area contributed by atoms with Crippen molar-refractivity contribution in [3.05, 3.63) is 69.5 Å². The van der Waals surface area contributed by atoms with Gasteiger partial charge in [-0.2, -0.15) is 5.26 Å². The number of nitrogens with zero attached hydrogens (tertiary/aromatic N) is 1. The smallest absolute Gasteiger partial charge is 0.348 e. The minimum atomic E-state index is -0.686. The molecule has 0 unspecified atom stereocenters. The van der Waals surface area contributed by atoms with Gasteiger partial charge in [0.1, 0.15) is 29.8 Å². The summed E-state index contributed by atoms with van der Waals surface area (Å²) in [6.45, 7) is 2.08. The van der Waals surface area contributed by atoms with Crippen LogP contribution in [0.15, 0.2) is 52.5 Å². The first-order valence-electron chi connectivity index (χ1n) is 7.49. The summed E-state index contributed by atoms with van der Waals surface area (Å²) in [5.41, 5.74) is 1.23. The van der Waals surface area contributed by atoms with Gasteiger partial charge in [-0.1, -0.05) is 28.1 Å². The van der Waals surface area contributed by atoms with Gasteiger partial charge in [0.15, 0.2) is 0 Å². The van der Waals surface area contributed by atoms with Gasteiger partial charge in [-0.25, -0.2) is 9.18 Å². The Morgan fingerprint density at radius 1 is 1.28 bits per heavy atom. The van der Waals surface area contributed by atoms with E-state index in [9.17, 15) is 14.4 Å². The monoisotopic (exact) mass is 403 g/mol. The largest absolute Gasteiger partial charge is 0.488 e. The fourth-order valence-corrected chi connectivity index (χ4v) is 2.39. The van der Waals surface area contributed by atoms with Crippen LogP contribution >= 0.6 is 15.9 Å². The first-order chi connectivity index (χ1) is 12.0. The van der Waals surface area contributed by atoms with Crippen LogP contribution in [0.3, 0.4) is 0 Å². The highest BCUT2D eigenvalue weighted by molar-refractivity contribution is 9.10. The van der Waals surface area contributed by atoms with E-state index in [1.54, 1.807) is 37.3 Å². The number of carbonyl (C=O) groups is 1. The van der Waals surface area contributed by atoms with Gasteiger partial charge in [0.2, 0.25) is 0 Å². The van der Waals surface area contributed by atoms with E-state index >= 15 is 0 Å². The van der Waals surface area contributed by atoms with Crippen LogP contribution in [0.5, 0.6) is 5.75 Å². The second-order valence-electron chi connectivity index (χ2n) is 4.99. The van der Waals surface area contributed by atoms with Gasteiger partial charge in [0.05, 0.1) is 6.61 Å². The lowest BCUT2D eigenvalue weighted by Crippen LogP contribution is -2.06. The van der Waals surface area contributed by atoms with E-state index in [0.29, 0.717) is 11.3 Å². The lowest BCUT2D eigenvalue weighted by atomic mass is 10.1. The van der Waals surface area contributed by atoms with Gasteiger partial charge in [-0.15, -0.1) is 0 Å². The molecule has 0 heterocycles. The third-order valence-corrected chi connectivity index (χ3v) is 3.69. The molecule has 0 saturated heterocycles. The highest BCUT2D eigenvalue weighted by Crippen LogP contribution is 2.26. The third kappa shape index (κ3) is 5.44. The third-order valence-electron chi connectivity index (χ3n) is 3.20. The van der Waals surface area contributed by atoms with Crippen molar-refractivity contribution in [2.45, 2.75) is 13.5 Å². The molecule has 0 aliphatic heterocycles. The summed E-state index contributed by atoms with van der Waals surface area (Å²) in [4.78, 5) is 11.8. The first-order valence-corrected chi connectivity index (χ1v) is 8.28. The summed E-state index contributed by atoms with van der Waals surface area (Å²) in [5, 5.41) is 9.17. The van der Waals surface area contributed by atoms with Gasteiger partial charge in [-0.3, -0.25) is 0 Å². The first kappa shape index (κ1) is 18.7. The number of esters is 1. The number of benzene rings is 2. The Balaban J connectivity index is 2.26. The summed E-state index contributed by atoms with van der Waals surface area (Å²) in [6, 6.07) is 13.0. The summed E-state index contributed by atoms with van der Waals surface area (Å²) < 4.78 is 24.3. The molecule has 0 fully saturated rings. The van der Waals surface area contributed by atoms with Crippen molar-refractivity contribution in [1.29, 1.82) is 5.26 Å². The maximum atomic E-state index is 13.0.